The average Bonchev–Trinajstić information content (AvgIpc) is 2.80. The van der Waals surface area contributed by atoms with Gasteiger partial charge in [0, 0.05) is 17.4 Å². The molecule has 1 aromatic carbocycles. The number of carbonyl (C=O) groups excluding carboxylic acids is 2. The molecule has 1 aromatic rings. The number of rotatable bonds is 8. The number of carboxylic acid groups (broad SMARTS) is 1. The van der Waals surface area contributed by atoms with Crippen LogP contribution in [0.15, 0.2) is 18.7 Å². The summed E-state index contributed by atoms with van der Waals surface area (Å²) >= 11 is 12.4. The molecule has 1 aliphatic rings. The summed E-state index contributed by atoms with van der Waals surface area (Å²) in [6.45, 7) is 4.63. The monoisotopic (exact) mass is 384 g/mol. The largest absolute Gasteiger partial charge is 0.480 e. The highest BCUT2D eigenvalue weighted by Gasteiger charge is 2.46. The molecule has 7 heteroatoms. The van der Waals surface area contributed by atoms with Gasteiger partial charge in [-0.2, -0.15) is 0 Å². The predicted molar refractivity (Wildman–Crippen MR) is 94.8 cm³/mol. The van der Waals surface area contributed by atoms with Gasteiger partial charge in [0.15, 0.2) is 12.4 Å². The van der Waals surface area contributed by atoms with Gasteiger partial charge in [-0.1, -0.05) is 29.3 Å². The summed E-state index contributed by atoms with van der Waals surface area (Å²) in [6, 6.07) is 1.56. The summed E-state index contributed by atoms with van der Waals surface area (Å²) in [7, 11) is 0. The number of aliphatic carboxylic acids is 1. The van der Waals surface area contributed by atoms with Crippen LogP contribution >= 0.6 is 23.2 Å². The maximum Gasteiger partial charge on any atom is 0.341 e. The first-order valence-corrected chi connectivity index (χ1v) is 8.48. The molecule has 1 aliphatic carbocycles. The highest BCUT2D eigenvalue weighted by molar-refractivity contribution is 6.45. The first kappa shape index (κ1) is 19.5. The Morgan fingerprint density at radius 2 is 2.08 bits per heavy atom. The Morgan fingerprint density at radius 1 is 1.40 bits per heavy atom. The Kier molecular flexibility index (Phi) is 5.91. The quantitative estimate of drug-likeness (QED) is 0.681. The van der Waals surface area contributed by atoms with E-state index in [1.54, 1.807) is 12.1 Å². The molecule has 0 aromatic heterocycles. The van der Waals surface area contributed by atoms with E-state index in [9.17, 15) is 14.4 Å². The number of benzene rings is 1. The Labute approximate surface area is 155 Å². The van der Waals surface area contributed by atoms with E-state index in [-0.39, 0.29) is 33.8 Å². The second-order valence-electron chi connectivity index (χ2n) is 6.20. The van der Waals surface area contributed by atoms with Gasteiger partial charge in [-0.15, -0.1) is 6.58 Å². The lowest BCUT2D eigenvalue weighted by Crippen LogP contribution is -2.28. The van der Waals surface area contributed by atoms with Gasteiger partial charge in [0.2, 0.25) is 0 Å². The number of allylic oxidation sites excluding steroid dienone is 1. The average molecular weight is 385 g/mol. The van der Waals surface area contributed by atoms with Crippen LogP contribution in [0.1, 0.15) is 42.1 Å². The summed E-state index contributed by atoms with van der Waals surface area (Å²) in [6.07, 6.45) is 3.11. The van der Waals surface area contributed by atoms with Gasteiger partial charge in [-0.3, -0.25) is 4.79 Å². The molecule has 0 heterocycles. The number of hydrogen-bond donors (Lipinski definition) is 1. The van der Waals surface area contributed by atoms with Gasteiger partial charge in [0.05, 0.1) is 5.02 Å². The van der Waals surface area contributed by atoms with Crippen LogP contribution in [0.5, 0.6) is 5.75 Å². The molecule has 134 valence electrons. The summed E-state index contributed by atoms with van der Waals surface area (Å²) in [5, 5.41) is 8.81. The van der Waals surface area contributed by atoms with Gasteiger partial charge in [-0.05, 0) is 37.8 Å². The fourth-order valence-electron chi connectivity index (χ4n) is 3.15. The zero-order valence-electron chi connectivity index (χ0n) is 13.7. The number of carboxylic acids is 1. The molecule has 1 unspecified atom stereocenters. The minimum atomic E-state index is -1.15. The summed E-state index contributed by atoms with van der Waals surface area (Å²) in [5.74, 6) is -1.19. The molecule has 1 atom stereocenters. The van der Waals surface area contributed by atoms with E-state index in [4.69, 9.17) is 33.0 Å². The van der Waals surface area contributed by atoms with Crippen molar-refractivity contribution >= 4 is 40.7 Å². The van der Waals surface area contributed by atoms with Crippen LogP contribution in [0.2, 0.25) is 10.0 Å². The van der Waals surface area contributed by atoms with Crippen LogP contribution in [0, 0.1) is 5.41 Å². The number of Topliss-reactive ketones (excluding diaryl/α,β-unsaturated/α-hetero) is 2. The molecular weight excluding hydrogens is 367 g/mol. The van der Waals surface area contributed by atoms with Crippen LogP contribution in [-0.4, -0.2) is 29.2 Å². The maximum absolute atomic E-state index is 13.0. The Hall–Kier alpha value is -1.85. The van der Waals surface area contributed by atoms with E-state index in [1.165, 1.54) is 6.92 Å². The SMILES string of the molecule is C=CCC1(CCC(C)=O)Cc2cc(OCC(=O)O)c(Cl)c(Cl)c2C1=O. The van der Waals surface area contributed by atoms with Crippen LogP contribution in [0.25, 0.3) is 0 Å². The third-order valence-corrected chi connectivity index (χ3v) is 5.18. The van der Waals surface area contributed by atoms with Crippen molar-refractivity contribution in [2.45, 2.75) is 32.6 Å². The van der Waals surface area contributed by atoms with E-state index in [2.05, 4.69) is 6.58 Å². The molecule has 0 aliphatic heterocycles. The molecule has 5 nitrogen and oxygen atoms in total. The van der Waals surface area contributed by atoms with E-state index < -0.39 is 18.0 Å². The van der Waals surface area contributed by atoms with Crippen molar-refractivity contribution in [2.75, 3.05) is 6.61 Å². The van der Waals surface area contributed by atoms with Crippen molar-refractivity contribution < 1.29 is 24.2 Å². The summed E-state index contributed by atoms with van der Waals surface area (Å²) in [4.78, 5) is 35.1. The second kappa shape index (κ2) is 7.58. The third-order valence-electron chi connectivity index (χ3n) is 4.33. The Morgan fingerprint density at radius 3 is 2.64 bits per heavy atom. The molecule has 1 N–H and O–H groups in total. The minimum absolute atomic E-state index is 0.00167. The van der Waals surface area contributed by atoms with E-state index >= 15 is 0 Å². The Balaban J connectivity index is 2.44. The highest BCUT2D eigenvalue weighted by atomic mass is 35.5. The van der Waals surface area contributed by atoms with Gasteiger partial charge in [0.25, 0.3) is 0 Å². The molecule has 0 saturated carbocycles. The molecule has 25 heavy (non-hydrogen) atoms. The minimum Gasteiger partial charge on any atom is -0.480 e. The van der Waals surface area contributed by atoms with E-state index in [0.717, 1.165) is 0 Å². The van der Waals surface area contributed by atoms with E-state index in [0.29, 0.717) is 30.4 Å². The first-order chi connectivity index (χ1) is 11.7. The highest BCUT2D eigenvalue weighted by Crippen LogP contribution is 2.49. The van der Waals surface area contributed by atoms with Crippen molar-refractivity contribution in [1.82, 2.24) is 0 Å². The number of ether oxygens (including phenoxy) is 1. The predicted octanol–water partition coefficient (Wildman–Crippen LogP) is 4.13. The zero-order valence-corrected chi connectivity index (χ0v) is 15.2. The number of fused-ring (bicyclic) bond motifs is 1. The lowest BCUT2D eigenvalue weighted by atomic mass is 9.76. The van der Waals surface area contributed by atoms with Gasteiger partial charge < -0.3 is 14.6 Å². The van der Waals surface area contributed by atoms with Gasteiger partial charge in [0.1, 0.15) is 16.6 Å². The zero-order chi connectivity index (χ0) is 18.8. The first-order valence-electron chi connectivity index (χ1n) is 7.72. The van der Waals surface area contributed by atoms with Crippen LogP contribution in [-0.2, 0) is 16.0 Å². The van der Waals surface area contributed by atoms with Crippen molar-refractivity contribution in [3.05, 3.63) is 39.9 Å². The third kappa shape index (κ3) is 3.88. The van der Waals surface area contributed by atoms with Crippen molar-refractivity contribution in [1.29, 1.82) is 0 Å². The van der Waals surface area contributed by atoms with Crippen LogP contribution in [0.4, 0.5) is 0 Å². The maximum atomic E-state index is 13.0. The molecule has 0 bridgehead atoms. The topological polar surface area (TPSA) is 80.7 Å². The molecule has 0 amide bonds. The smallest absolute Gasteiger partial charge is 0.341 e. The van der Waals surface area contributed by atoms with Crippen molar-refractivity contribution in [3.63, 3.8) is 0 Å². The number of hydrogen-bond acceptors (Lipinski definition) is 4. The summed E-state index contributed by atoms with van der Waals surface area (Å²) < 4.78 is 5.16. The fourth-order valence-corrected chi connectivity index (χ4v) is 3.66. The van der Waals surface area contributed by atoms with Gasteiger partial charge in [-0.25, -0.2) is 4.79 Å². The van der Waals surface area contributed by atoms with Crippen molar-refractivity contribution in [2.24, 2.45) is 5.41 Å². The van der Waals surface area contributed by atoms with Crippen LogP contribution < -0.4 is 4.74 Å². The fraction of sp³-hybridized carbons (Fsp3) is 0.389. The van der Waals surface area contributed by atoms with Crippen LogP contribution in [0.3, 0.4) is 0 Å². The normalized spacial score (nSPS) is 18.8. The Bertz CT molecular complexity index is 756. The molecular formula is C18H18Cl2O5. The van der Waals surface area contributed by atoms with E-state index in [1.807, 2.05) is 0 Å². The molecule has 0 fully saturated rings. The standard InChI is InChI=1S/C18H18Cl2O5/c1-3-5-18(6-4-10(2)21)8-11-7-12(25-9-13(22)23)15(19)16(20)14(11)17(18)24/h3,7H,1,4-6,8-9H2,2H3,(H,22,23). The summed E-state index contributed by atoms with van der Waals surface area (Å²) in [5.41, 5.74) is 0.179. The van der Waals surface area contributed by atoms with Gasteiger partial charge >= 0.3 is 5.97 Å². The molecule has 2 rings (SSSR count). The lowest BCUT2D eigenvalue weighted by Gasteiger charge is -2.25. The number of carbonyl (C=O) groups is 3. The molecule has 0 radical (unpaired) electrons. The van der Waals surface area contributed by atoms with Crippen molar-refractivity contribution in [3.8, 4) is 5.75 Å². The lowest BCUT2D eigenvalue weighted by molar-refractivity contribution is -0.139. The number of halogens is 2. The molecule has 0 saturated heterocycles. The second-order valence-corrected chi connectivity index (χ2v) is 6.96. The molecule has 0 spiro atoms. The number of ketones is 2.